The minimum atomic E-state index is -5.70. The molecule has 18 heavy (non-hydrogen) atoms. The van der Waals surface area contributed by atoms with Gasteiger partial charge < -0.3 is 9.29 Å². The molecule has 0 bridgehead atoms. The van der Waals surface area contributed by atoms with Gasteiger partial charge in [-0.25, -0.2) is 0 Å². The van der Waals surface area contributed by atoms with E-state index in [1.807, 2.05) is 0 Å². The maximum Gasteiger partial charge on any atom is 0.534 e. The summed E-state index contributed by atoms with van der Waals surface area (Å²) in [6.45, 7) is 0. The number of benzene rings is 1. The van der Waals surface area contributed by atoms with Gasteiger partial charge in [-0.1, -0.05) is 12.1 Å². The Morgan fingerprint density at radius 1 is 1.22 bits per heavy atom. The van der Waals surface area contributed by atoms with Crippen LogP contribution in [0.2, 0.25) is 0 Å². The van der Waals surface area contributed by atoms with E-state index >= 15 is 0 Å². The fourth-order valence-corrected chi connectivity index (χ4v) is 1.47. The number of rotatable bonds is 4. The molecular formula is C9H7F3O5S. The molecular weight excluding hydrogens is 277 g/mol. The maximum absolute atomic E-state index is 12.0. The number of carbonyl (C=O) groups is 1. The molecule has 1 aromatic rings. The molecule has 0 aliphatic carbocycles. The van der Waals surface area contributed by atoms with Gasteiger partial charge >= 0.3 is 21.6 Å². The van der Waals surface area contributed by atoms with Crippen LogP contribution in [0, 0.1) is 0 Å². The van der Waals surface area contributed by atoms with Gasteiger partial charge in [-0.2, -0.15) is 21.6 Å². The first-order chi connectivity index (χ1) is 8.12. The third kappa shape index (κ3) is 3.62. The number of halogens is 3. The van der Waals surface area contributed by atoms with Crippen LogP contribution in [0.15, 0.2) is 24.3 Å². The molecule has 0 heterocycles. The monoisotopic (exact) mass is 284 g/mol. The van der Waals surface area contributed by atoms with E-state index in [0.717, 1.165) is 24.3 Å². The normalized spacial score (nSPS) is 12.2. The molecule has 0 aromatic heterocycles. The van der Waals surface area contributed by atoms with Crippen molar-refractivity contribution in [3.8, 4) is 5.75 Å². The lowest BCUT2D eigenvalue weighted by Crippen LogP contribution is -2.28. The summed E-state index contributed by atoms with van der Waals surface area (Å²) in [5.41, 5.74) is -5.20. The number of carboxylic acid groups (broad SMARTS) is 1. The third-order valence-corrected chi connectivity index (χ3v) is 2.75. The highest BCUT2D eigenvalue weighted by atomic mass is 32.2. The largest absolute Gasteiger partial charge is 0.534 e. The minimum absolute atomic E-state index is 0.305. The first-order valence-electron chi connectivity index (χ1n) is 4.43. The SMILES string of the molecule is O=C(O)Cc1ccc(OS(=O)(=O)C(F)(F)F)cc1. The molecule has 0 unspecified atom stereocenters. The van der Waals surface area contributed by atoms with Gasteiger partial charge in [0.2, 0.25) is 0 Å². The molecule has 0 fully saturated rings. The van der Waals surface area contributed by atoms with Crippen LogP contribution in [-0.4, -0.2) is 25.0 Å². The molecule has 0 aliphatic heterocycles. The van der Waals surface area contributed by atoms with Gasteiger partial charge in [0.15, 0.2) is 0 Å². The molecule has 0 amide bonds. The van der Waals surface area contributed by atoms with E-state index in [0.29, 0.717) is 5.56 Å². The molecule has 0 radical (unpaired) electrons. The van der Waals surface area contributed by atoms with E-state index < -0.39 is 27.3 Å². The summed E-state index contributed by atoms with van der Waals surface area (Å²) in [6.07, 6.45) is -0.327. The predicted octanol–water partition coefficient (Wildman–Crippen LogP) is 1.54. The molecule has 0 spiro atoms. The van der Waals surface area contributed by atoms with Crippen molar-refractivity contribution in [1.82, 2.24) is 0 Å². The molecule has 1 aromatic carbocycles. The zero-order chi connectivity index (χ0) is 14.0. The van der Waals surface area contributed by atoms with Gasteiger partial charge in [-0.05, 0) is 17.7 Å². The molecule has 5 nitrogen and oxygen atoms in total. The van der Waals surface area contributed by atoms with Crippen LogP contribution < -0.4 is 4.18 Å². The number of carboxylic acids is 1. The van der Waals surface area contributed by atoms with Crippen LogP contribution in [-0.2, 0) is 21.3 Å². The number of aliphatic carboxylic acids is 1. The Hall–Kier alpha value is -1.77. The first kappa shape index (κ1) is 14.3. The van der Waals surface area contributed by atoms with E-state index in [4.69, 9.17) is 5.11 Å². The molecule has 9 heteroatoms. The zero-order valence-corrected chi connectivity index (χ0v) is 9.46. The van der Waals surface area contributed by atoms with Gasteiger partial charge in [0.05, 0.1) is 6.42 Å². The summed E-state index contributed by atoms with van der Waals surface area (Å²) < 4.78 is 61.1. The average Bonchev–Trinajstić information content (AvgIpc) is 2.18. The van der Waals surface area contributed by atoms with E-state index in [2.05, 4.69) is 4.18 Å². The fourth-order valence-electron chi connectivity index (χ4n) is 1.01. The second-order valence-electron chi connectivity index (χ2n) is 3.20. The Morgan fingerprint density at radius 2 is 1.72 bits per heavy atom. The zero-order valence-electron chi connectivity index (χ0n) is 8.64. The lowest BCUT2D eigenvalue weighted by Gasteiger charge is -2.09. The summed E-state index contributed by atoms with van der Waals surface area (Å²) in [7, 11) is -5.70. The van der Waals surface area contributed by atoms with Crippen LogP contribution in [0.5, 0.6) is 5.75 Å². The molecule has 0 saturated heterocycles. The minimum Gasteiger partial charge on any atom is -0.481 e. The Bertz CT molecular complexity index is 532. The smallest absolute Gasteiger partial charge is 0.481 e. The second kappa shape index (κ2) is 4.84. The van der Waals surface area contributed by atoms with Crippen LogP contribution >= 0.6 is 0 Å². The van der Waals surface area contributed by atoms with Gasteiger partial charge in [0.25, 0.3) is 0 Å². The maximum atomic E-state index is 12.0. The van der Waals surface area contributed by atoms with Crippen LogP contribution in [0.25, 0.3) is 0 Å². The lowest BCUT2D eigenvalue weighted by molar-refractivity contribution is -0.136. The highest BCUT2D eigenvalue weighted by Crippen LogP contribution is 2.26. The van der Waals surface area contributed by atoms with Crippen molar-refractivity contribution in [2.75, 3.05) is 0 Å². The van der Waals surface area contributed by atoms with Gasteiger partial charge in [-0.15, -0.1) is 0 Å². The molecule has 1 N–H and O–H groups in total. The summed E-state index contributed by atoms with van der Waals surface area (Å²) in [4.78, 5) is 10.3. The molecule has 1 rings (SSSR count). The number of hydrogen-bond acceptors (Lipinski definition) is 4. The predicted molar refractivity (Wildman–Crippen MR) is 53.4 cm³/mol. The summed E-state index contributed by atoms with van der Waals surface area (Å²) in [5, 5.41) is 8.45. The van der Waals surface area contributed by atoms with Crippen molar-refractivity contribution in [2.45, 2.75) is 11.9 Å². The van der Waals surface area contributed by atoms with Crippen molar-refractivity contribution in [3.63, 3.8) is 0 Å². The van der Waals surface area contributed by atoms with Gasteiger partial charge in [0, 0.05) is 0 Å². The van der Waals surface area contributed by atoms with E-state index in [-0.39, 0.29) is 6.42 Å². The number of hydrogen-bond donors (Lipinski definition) is 1. The average molecular weight is 284 g/mol. The van der Waals surface area contributed by atoms with E-state index in [1.165, 1.54) is 0 Å². The molecule has 0 saturated carbocycles. The van der Waals surface area contributed by atoms with E-state index in [9.17, 15) is 26.4 Å². The Morgan fingerprint density at radius 3 is 2.11 bits per heavy atom. The summed E-state index contributed by atoms with van der Waals surface area (Å²) in [6, 6.07) is 4.22. The first-order valence-corrected chi connectivity index (χ1v) is 5.84. The molecule has 0 atom stereocenters. The van der Waals surface area contributed by atoms with Crippen LogP contribution in [0.4, 0.5) is 13.2 Å². The molecule has 100 valence electrons. The van der Waals surface area contributed by atoms with E-state index in [1.54, 1.807) is 0 Å². The van der Waals surface area contributed by atoms with Crippen molar-refractivity contribution in [1.29, 1.82) is 0 Å². The van der Waals surface area contributed by atoms with Crippen LogP contribution in [0.3, 0.4) is 0 Å². The fraction of sp³-hybridized carbons (Fsp3) is 0.222. The summed E-state index contributed by atoms with van der Waals surface area (Å²) in [5.74, 6) is -1.66. The summed E-state index contributed by atoms with van der Waals surface area (Å²) >= 11 is 0. The Labute approximate surface area is 99.9 Å². The van der Waals surface area contributed by atoms with Gasteiger partial charge in [-0.3, -0.25) is 4.79 Å². The third-order valence-electron chi connectivity index (χ3n) is 1.77. The Kier molecular flexibility index (Phi) is 3.85. The quantitative estimate of drug-likeness (QED) is 0.670. The molecule has 0 aliphatic rings. The Balaban J connectivity index is 2.85. The highest BCUT2D eigenvalue weighted by molar-refractivity contribution is 7.87. The van der Waals surface area contributed by atoms with Crippen LogP contribution in [0.1, 0.15) is 5.56 Å². The van der Waals surface area contributed by atoms with Crippen molar-refractivity contribution >= 4 is 16.1 Å². The number of alkyl halides is 3. The van der Waals surface area contributed by atoms with Crippen molar-refractivity contribution in [2.24, 2.45) is 0 Å². The van der Waals surface area contributed by atoms with Crippen molar-refractivity contribution in [3.05, 3.63) is 29.8 Å². The van der Waals surface area contributed by atoms with Crippen molar-refractivity contribution < 1.29 is 35.7 Å². The standard InChI is InChI=1S/C9H7F3O5S/c10-9(11,12)18(15,16)17-7-3-1-6(2-4-7)5-8(13)14/h1-4H,5H2,(H,13,14). The topological polar surface area (TPSA) is 80.7 Å². The highest BCUT2D eigenvalue weighted by Gasteiger charge is 2.48. The van der Waals surface area contributed by atoms with Gasteiger partial charge in [0.1, 0.15) is 5.75 Å². The lowest BCUT2D eigenvalue weighted by atomic mass is 10.1. The second-order valence-corrected chi connectivity index (χ2v) is 4.74.